The van der Waals surface area contributed by atoms with Crippen LogP contribution in [0.1, 0.15) is 29.5 Å². The van der Waals surface area contributed by atoms with Gasteiger partial charge in [0.05, 0.1) is 13.0 Å². The monoisotopic (exact) mass is 242 g/mol. The Morgan fingerprint density at radius 3 is 2.28 bits per heavy atom. The number of benzene rings is 2. The van der Waals surface area contributed by atoms with E-state index in [0.29, 0.717) is 0 Å². The van der Waals surface area contributed by atoms with Crippen molar-refractivity contribution in [2.24, 2.45) is 0 Å². The lowest BCUT2D eigenvalue weighted by Gasteiger charge is -2.12. The van der Waals surface area contributed by atoms with Gasteiger partial charge in [-0.3, -0.25) is 4.79 Å². The van der Waals surface area contributed by atoms with E-state index in [4.69, 9.17) is 4.74 Å². The molecule has 0 saturated carbocycles. The molecule has 0 radical (unpaired) electrons. The Bertz CT molecular complexity index is 599. The second kappa shape index (κ2) is 4.81. The van der Waals surface area contributed by atoms with Crippen LogP contribution in [0.15, 0.2) is 30.3 Å². The highest BCUT2D eigenvalue weighted by Crippen LogP contribution is 2.26. The molecule has 0 aliphatic rings. The van der Waals surface area contributed by atoms with Crippen LogP contribution in [-0.2, 0) is 9.53 Å². The molecule has 18 heavy (non-hydrogen) atoms. The van der Waals surface area contributed by atoms with Crippen molar-refractivity contribution < 1.29 is 9.53 Å². The summed E-state index contributed by atoms with van der Waals surface area (Å²) in [5, 5.41) is 2.46. The van der Waals surface area contributed by atoms with Gasteiger partial charge in [-0.05, 0) is 48.2 Å². The molecule has 2 nitrogen and oxygen atoms in total. The van der Waals surface area contributed by atoms with Crippen molar-refractivity contribution in [1.82, 2.24) is 0 Å². The normalized spacial score (nSPS) is 12.4. The lowest BCUT2D eigenvalue weighted by Crippen LogP contribution is -2.10. The van der Waals surface area contributed by atoms with E-state index in [1.165, 1.54) is 29.0 Å². The summed E-state index contributed by atoms with van der Waals surface area (Å²) >= 11 is 0. The molecule has 0 N–H and O–H groups in total. The fourth-order valence-electron chi connectivity index (χ4n) is 2.24. The van der Waals surface area contributed by atoms with Crippen molar-refractivity contribution >= 4 is 16.7 Å². The largest absolute Gasteiger partial charge is 0.469 e. The molecule has 2 aromatic rings. The molecular weight excluding hydrogens is 224 g/mol. The van der Waals surface area contributed by atoms with Gasteiger partial charge in [-0.1, -0.05) is 30.3 Å². The predicted octanol–water partition coefficient (Wildman–Crippen LogP) is 3.73. The number of ether oxygens (including phenoxy) is 1. The van der Waals surface area contributed by atoms with Crippen molar-refractivity contribution in [2.75, 3.05) is 7.11 Å². The summed E-state index contributed by atoms with van der Waals surface area (Å²) in [4.78, 5) is 11.6. The van der Waals surface area contributed by atoms with Crippen molar-refractivity contribution in [1.29, 1.82) is 0 Å². The molecule has 94 valence electrons. The predicted molar refractivity (Wildman–Crippen MR) is 73.9 cm³/mol. The number of fused-ring (bicyclic) bond motifs is 1. The van der Waals surface area contributed by atoms with Crippen molar-refractivity contribution in [2.45, 2.75) is 26.7 Å². The lowest BCUT2D eigenvalue weighted by molar-refractivity contribution is -0.141. The molecular formula is C16H18O2. The van der Waals surface area contributed by atoms with E-state index >= 15 is 0 Å². The summed E-state index contributed by atoms with van der Waals surface area (Å²) in [6, 6.07) is 10.4. The number of aryl methyl sites for hydroxylation is 2. The minimum Gasteiger partial charge on any atom is -0.469 e. The molecule has 0 saturated heterocycles. The number of methoxy groups -OCH3 is 1. The summed E-state index contributed by atoms with van der Waals surface area (Å²) in [6.07, 6.45) is 0. The quantitative estimate of drug-likeness (QED) is 0.750. The number of carbonyl (C=O) groups is 1. The smallest absolute Gasteiger partial charge is 0.312 e. The molecule has 0 aliphatic carbocycles. The Morgan fingerprint density at radius 1 is 1.06 bits per heavy atom. The van der Waals surface area contributed by atoms with Gasteiger partial charge in [0.25, 0.3) is 0 Å². The molecule has 2 heteroatoms. The molecule has 0 amide bonds. The van der Waals surface area contributed by atoms with Crippen LogP contribution in [0.4, 0.5) is 0 Å². The first kappa shape index (κ1) is 12.6. The zero-order valence-corrected chi connectivity index (χ0v) is 11.3. The van der Waals surface area contributed by atoms with E-state index in [1.807, 2.05) is 13.0 Å². The third-order valence-corrected chi connectivity index (χ3v) is 3.53. The highest BCUT2D eigenvalue weighted by Gasteiger charge is 2.16. The Morgan fingerprint density at radius 2 is 1.67 bits per heavy atom. The highest BCUT2D eigenvalue weighted by molar-refractivity contribution is 5.90. The van der Waals surface area contributed by atoms with Crippen LogP contribution in [0.3, 0.4) is 0 Å². The molecule has 0 spiro atoms. The maximum Gasteiger partial charge on any atom is 0.312 e. The Kier molecular flexibility index (Phi) is 3.37. The van der Waals surface area contributed by atoms with Crippen LogP contribution >= 0.6 is 0 Å². The first-order valence-corrected chi connectivity index (χ1v) is 6.12. The topological polar surface area (TPSA) is 26.3 Å². The van der Waals surface area contributed by atoms with Gasteiger partial charge >= 0.3 is 5.97 Å². The molecule has 0 aliphatic heterocycles. The van der Waals surface area contributed by atoms with Crippen LogP contribution in [0.2, 0.25) is 0 Å². The summed E-state index contributed by atoms with van der Waals surface area (Å²) in [5.41, 5.74) is 3.49. The van der Waals surface area contributed by atoms with Gasteiger partial charge in [-0.15, -0.1) is 0 Å². The molecule has 1 atom stereocenters. The average molecular weight is 242 g/mol. The van der Waals surface area contributed by atoms with E-state index in [0.717, 1.165) is 5.56 Å². The molecule has 2 aromatic carbocycles. The second-order valence-electron chi connectivity index (χ2n) is 4.75. The van der Waals surface area contributed by atoms with Crippen LogP contribution < -0.4 is 0 Å². The average Bonchev–Trinajstić information content (AvgIpc) is 2.41. The number of carbonyl (C=O) groups excluding carboxylic acids is 1. The van der Waals surface area contributed by atoms with Gasteiger partial charge in [0.1, 0.15) is 0 Å². The molecule has 0 unspecified atom stereocenters. The van der Waals surface area contributed by atoms with Crippen molar-refractivity contribution in [3.8, 4) is 0 Å². The third kappa shape index (κ3) is 2.10. The fourth-order valence-corrected chi connectivity index (χ4v) is 2.24. The Labute approximate surface area is 108 Å². The number of hydrogen-bond donors (Lipinski definition) is 0. The second-order valence-corrected chi connectivity index (χ2v) is 4.75. The zero-order chi connectivity index (χ0) is 13.3. The third-order valence-electron chi connectivity index (χ3n) is 3.53. The van der Waals surface area contributed by atoms with Gasteiger partial charge in [-0.2, -0.15) is 0 Å². The first-order valence-electron chi connectivity index (χ1n) is 6.12. The zero-order valence-electron chi connectivity index (χ0n) is 11.3. The van der Waals surface area contributed by atoms with Crippen LogP contribution in [0, 0.1) is 13.8 Å². The lowest BCUT2D eigenvalue weighted by atomic mass is 9.94. The van der Waals surface area contributed by atoms with E-state index in [-0.39, 0.29) is 11.9 Å². The van der Waals surface area contributed by atoms with Crippen molar-refractivity contribution in [3.63, 3.8) is 0 Å². The first-order chi connectivity index (χ1) is 8.54. The fraction of sp³-hybridized carbons (Fsp3) is 0.312. The molecule has 2 rings (SSSR count). The van der Waals surface area contributed by atoms with E-state index in [2.05, 4.69) is 38.1 Å². The molecule has 0 heterocycles. The van der Waals surface area contributed by atoms with Crippen LogP contribution in [-0.4, -0.2) is 13.1 Å². The summed E-state index contributed by atoms with van der Waals surface area (Å²) in [7, 11) is 1.43. The minimum atomic E-state index is -0.223. The van der Waals surface area contributed by atoms with Crippen molar-refractivity contribution in [3.05, 3.63) is 47.0 Å². The molecule has 0 fully saturated rings. The summed E-state index contributed by atoms with van der Waals surface area (Å²) in [6.45, 7) is 6.07. The Balaban J connectivity index is 2.57. The Hall–Kier alpha value is -1.83. The molecule has 0 aromatic heterocycles. The summed E-state index contributed by atoms with van der Waals surface area (Å²) < 4.78 is 4.79. The van der Waals surface area contributed by atoms with E-state index in [9.17, 15) is 4.79 Å². The number of esters is 1. The van der Waals surface area contributed by atoms with Gasteiger partial charge in [0, 0.05) is 0 Å². The standard InChI is InChI=1S/C16H18O2/c1-10-5-6-11(2)15-9-13(7-8-14(10)15)12(3)16(17)18-4/h5-9,12H,1-4H3/t12-/m1/s1. The highest BCUT2D eigenvalue weighted by atomic mass is 16.5. The summed E-state index contributed by atoms with van der Waals surface area (Å²) in [5.74, 6) is -0.418. The minimum absolute atomic E-state index is 0.195. The van der Waals surface area contributed by atoms with E-state index < -0.39 is 0 Å². The maximum atomic E-state index is 11.6. The molecule has 0 bridgehead atoms. The van der Waals surface area contributed by atoms with E-state index in [1.54, 1.807) is 0 Å². The number of rotatable bonds is 2. The maximum absolute atomic E-state index is 11.6. The van der Waals surface area contributed by atoms with Crippen LogP contribution in [0.25, 0.3) is 10.8 Å². The van der Waals surface area contributed by atoms with Gasteiger partial charge in [-0.25, -0.2) is 0 Å². The van der Waals surface area contributed by atoms with Crippen LogP contribution in [0.5, 0.6) is 0 Å². The van der Waals surface area contributed by atoms with Gasteiger partial charge in [0.15, 0.2) is 0 Å². The SMILES string of the molecule is COC(=O)[C@H](C)c1ccc2c(C)ccc(C)c2c1. The van der Waals surface area contributed by atoms with Gasteiger partial charge < -0.3 is 4.74 Å². The number of hydrogen-bond acceptors (Lipinski definition) is 2. The van der Waals surface area contributed by atoms with Gasteiger partial charge in [0.2, 0.25) is 0 Å².